The summed E-state index contributed by atoms with van der Waals surface area (Å²) in [5.41, 5.74) is 4.52. The van der Waals surface area contributed by atoms with Crippen LogP contribution >= 0.6 is 0 Å². The van der Waals surface area contributed by atoms with Crippen LogP contribution in [0.5, 0.6) is 5.75 Å². The van der Waals surface area contributed by atoms with Crippen molar-refractivity contribution in [1.82, 2.24) is 9.88 Å². The second-order valence-electron chi connectivity index (χ2n) is 10.3. The van der Waals surface area contributed by atoms with Crippen molar-refractivity contribution in [2.75, 3.05) is 6.54 Å². The van der Waals surface area contributed by atoms with Crippen LogP contribution in [0.1, 0.15) is 89.1 Å². The second-order valence-corrected chi connectivity index (χ2v) is 10.3. The van der Waals surface area contributed by atoms with Crippen molar-refractivity contribution >= 4 is 0 Å². The molecule has 1 aromatic heterocycles. The van der Waals surface area contributed by atoms with Gasteiger partial charge >= 0.3 is 0 Å². The Kier molecular flexibility index (Phi) is 5.86. The lowest BCUT2D eigenvalue weighted by atomic mass is 9.78. The fourth-order valence-electron chi connectivity index (χ4n) is 4.29. The van der Waals surface area contributed by atoms with E-state index in [0.717, 1.165) is 24.2 Å². The number of hydrogen-bond donors (Lipinski definition) is 1. The van der Waals surface area contributed by atoms with Crippen LogP contribution in [0.3, 0.4) is 0 Å². The molecule has 2 aromatic rings. The van der Waals surface area contributed by atoms with Gasteiger partial charge in [0.1, 0.15) is 5.75 Å². The monoisotopic (exact) mass is 380 g/mol. The van der Waals surface area contributed by atoms with Gasteiger partial charge < -0.3 is 5.11 Å². The molecule has 3 nitrogen and oxygen atoms in total. The van der Waals surface area contributed by atoms with E-state index in [4.69, 9.17) is 0 Å². The van der Waals surface area contributed by atoms with Gasteiger partial charge in [-0.3, -0.25) is 9.88 Å². The molecule has 1 atom stereocenters. The van der Waals surface area contributed by atoms with E-state index in [0.29, 0.717) is 11.8 Å². The van der Waals surface area contributed by atoms with E-state index in [9.17, 15) is 5.11 Å². The van der Waals surface area contributed by atoms with E-state index in [-0.39, 0.29) is 10.8 Å². The number of aromatic nitrogens is 1. The predicted octanol–water partition coefficient (Wildman–Crippen LogP) is 6.11. The van der Waals surface area contributed by atoms with Gasteiger partial charge in [-0.15, -0.1) is 0 Å². The molecular formula is C25H36N2O. The molecule has 1 fully saturated rings. The van der Waals surface area contributed by atoms with Crippen molar-refractivity contribution < 1.29 is 5.11 Å². The number of phenols is 1. The molecule has 152 valence electrons. The van der Waals surface area contributed by atoms with E-state index in [1.54, 1.807) is 0 Å². The number of hydrogen-bond acceptors (Lipinski definition) is 3. The van der Waals surface area contributed by atoms with Gasteiger partial charge in [0.15, 0.2) is 0 Å². The number of likely N-dealkylation sites (tertiary alicyclic amines) is 1. The SMILES string of the molecule is CC(C)(C)c1cc(CN2CCCC[C@H]2c2cccnc2)cc(C(C)(C)C)c1O. The van der Waals surface area contributed by atoms with E-state index < -0.39 is 0 Å². The highest BCUT2D eigenvalue weighted by Gasteiger charge is 2.29. The van der Waals surface area contributed by atoms with Crippen molar-refractivity contribution in [3.8, 4) is 5.75 Å². The van der Waals surface area contributed by atoms with Crippen molar-refractivity contribution in [2.24, 2.45) is 0 Å². The van der Waals surface area contributed by atoms with E-state index in [2.05, 4.69) is 69.6 Å². The Balaban J connectivity index is 1.98. The topological polar surface area (TPSA) is 36.4 Å². The maximum atomic E-state index is 11.0. The summed E-state index contributed by atoms with van der Waals surface area (Å²) in [7, 11) is 0. The Hall–Kier alpha value is -1.87. The molecule has 0 radical (unpaired) electrons. The third-order valence-electron chi connectivity index (χ3n) is 5.85. The van der Waals surface area contributed by atoms with E-state index >= 15 is 0 Å². The molecule has 0 bridgehead atoms. The molecule has 3 rings (SSSR count). The molecule has 0 spiro atoms. The molecule has 3 heteroatoms. The normalized spacial score (nSPS) is 19.0. The number of rotatable bonds is 3. The summed E-state index contributed by atoms with van der Waals surface area (Å²) in [6.45, 7) is 15.1. The smallest absolute Gasteiger partial charge is 0.123 e. The molecule has 1 aromatic carbocycles. The summed E-state index contributed by atoms with van der Waals surface area (Å²) >= 11 is 0. The molecule has 1 aliphatic heterocycles. The van der Waals surface area contributed by atoms with Crippen LogP contribution in [0.4, 0.5) is 0 Å². The Bertz CT molecular complexity index is 765. The zero-order chi connectivity index (χ0) is 20.5. The Morgan fingerprint density at radius 2 is 1.68 bits per heavy atom. The average molecular weight is 381 g/mol. The molecular weight excluding hydrogens is 344 g/mol. The summed E-state index contributed by atoms with van der Waals surface area (Å²) in [6.07, 6.45) is 7.56. The number of aromatic hydroxyl groups is 1. The van der Waals surface area contributed by atoms with Gasteiger partial charge in [-0.25, -0.2) is 0 Å². The first-order valence-electron chi connectivity index (χ1n) is 10.6. The van der Waals surface area contributed by atoms with Crippen molar-refractivity contribution in [1.29, 1.82) is 0 Å². The summed E-state index contributed by atoms with van der Waals surface area (Å²) < 4.78 is 0. The zero-order valence-corrected chi connectivity index (χ0v) is 18.4. The van der Waals surface area contributed by atoms with Gasteiger partial charge in [0.25, 0.3) is 0 Å². The summed E-state index contributed by atoms with van der Waals surface area (Å²) in [5.74, 6) is 0.464. The van der Waals surface area contributed by atoms with Crippen LogP contribution in [0.2, 0.25) is 0 Å². The van der Waals surface area contributed by atoms with Crippen LogP contribution < -0.4 is 0 Å². The van der Waals surface area contributed by atoms with Crippen LogP contribution in [-0.4, -0.2) is 21.5 Å². The lowest BCUT2D eigenvalue weighted by Gasteiger charge is -2.36. The second kappa shape index (κ2) is 7.87. The minimum absolute atomic E-state index is 0.0925. The molecule has 0 amide bonds. The minimum atomic E-state index is -0.0925. The predicted molar refractivity (Wildman–Crippen MR) is 117 cm³/mol. The minimum Gasteiger partial charge on any atom is -0.507 e. The third kappa shape index (κ3) is 4.57. The van der Waals surface area contributed by atoms with Crippen molar-refractivity contribution in [2.45, 2.75) is 84.2 Å². The highest BCUT2D eigenvalue weighted by atomic mass is 16.3. The maximum absolute atomic E-state index is 11.0. The Morgan fingerprint density at radius 1 is 1.04 bits per heavy atom. The van der Waals surface area contributed by atoms with Crippen LogP contribution in [0.25, 0.3) is 0 Å². The molecule has 2 heterocycles. The maximum Gasteiger partial charge on any atom is 0.123 e. The summed E-state index contributed by atoms with van der Waals surface area (Å²) in [4.78, 5) is 6.94. The lowest BCUT2D eigenvalue weighted by Crippen LogP contribution is -2.33. The number of benzene rings is 1. The number of phenolic OH excluding ortho intramolecular Hbond substituents is 1. The third-order valence-corrected chi connectivity index (χ3v) is 5.85. The highest BCUT2D eigenvalue weighted by Crippen LogP contribution is 2.41. The van der Waals surface area contributed by atoms with Gasteiger partial charge in [0.2, 0.25) is 0 Å². The molecule has 0 unspecified atom stereocenters. The number of nitrogens with zero attached hydrogens (tertiary/aromatic N) is 2. The first-order chi connectivity index (χ1) is 13.1. The van der Waals surface area contributed by atoms with Crippen LogP contribution in [0.15, 0.2) is 36.7 Å². The number of piperidine rings is 1. The Morgan fingerprint density at radius 3 is 2.21 bits per heavy atom. The standard InChI is InChI=1S/C25H36N2O/c1-24(2,3)20-14-18(15-21(23(20)28)25(4,5)6)17-27-13-8-7-11-22(27)19-10-9-12-26-16-19/h9-10,12,14-16,22,28H,7-8,11,13,17H2,1-6H3/t22-/m0/s1. The van der Waals surface area contributed by atoms with Crippen molar-refractivity contribution in [3.63, 3.8) is 0 Å². The lowest BCUT2D eigenvalue weighted by molar-refractivity contribution is 0.140. The molecule has 0 saturated carbocycles. The first kappa shape index (κ1) is 20.9. The van der Waals surface area contributed by atoms with Gasteiger partial charge in [0.05, 0.1) is 0 Å². The molecule has 1 aliphatic rings. The zero-order valence-electron chi connectivity index (χ0n) is 18.4. The van der Waals surface area contributed by atoms with E-state index in [1.165, 1.54) is 30.4 Å². The van der Waals surface area contributed by atoms with Crippen molar-refractivity contribution in [3.05, 3.63) is 58.9 Å². The first-order valence-corrected chi connectivity index (χ1v) is 10.6. The number of pyridine rings is 1. The van der Waals surface area contributed by atoms with E-state index in [1.807, 2.05) is 18.5 Å². The Labute approximate surface area is 170 Å². The van der Waals surface area contributed by atoms with Crippen LogP contribution in [-0.2, 0) is 17.4 Å². The van der Waals surface area contributed by atoms with Gasteiger partial charge in [0, 0.05) is 25.0 Å². The molecule has 1 saturated heterocycles. The summed E-state index contributed by atoms with van der Waals surface area (Å²) in [6, 6.07) is 9.11. The van der Waals surface area contributed by atoms with Crippen LogP contribution in [0, 0.1) is 0 Å². The molecule has 28 heavy (non-hydrogen) atoms. The largest absolute Gasteiger partial charge is 0.507 e. The van der Waals surface area contributed by atoms with Gasteiger partial charge in [-0.1, -0.05) is 66.2 Å². The fraction of sp³-hybridized carbons (Fsp3) is 0.560. The molecule has 0 aliphatic carbocycles. The van der Waals surface area contributed by atoms with Gasteiger partial charge in [-0.05, 0) is 58.5 Å². The van der Waals surface area contributed by atoms with Gasteiger partial charge in [-0.2, -0.15) is 0 Å². The molecule has 1 N–H and O–H groups in total. The quantitative estimate of drug-likeness (QED) is 0.698. The highest BCUT2D eigenvalue weighted by molar-refractivity contribution is 5.50. The fourth-order valence-corrected chi connectivity index (χ4v) is 4.29. The summed E-state index contributed by atoms with van der Waals surface area (Å²) in [5, 5.41) is 11.0. The average Bonchev–Trinajstić information content (AvgIpc) is 2.62.